The maximum Gasteiger partial charge on any atom is 0.263 e. The summed E-state index contributed by atoms with van der Waals surface area (Å²) in [5, 5.41) is 13.4. The minimum absolute atomic E-state index is 0.0425. The summed E-state index contributed by atoms with van der Waals surface area (Å²) in [5.74, 6) is -0.557. The van der Waals surface area contributed by atoms with Crippen molar-refractivity contribution in [1.29, 1.82) is 5.26 Å². The number of aromatic nitrogens is 1. The Hall–Kier alpha value is -5.11. The number of benzene rings is 4. The van der Waals surface area contributed by atoms with E-state index in [1.54, 1.807) is 48.5 Å². The molecule has 0 radical (unpaired) electrons. The van der Waals surface area contributed by atoms with E-state index in [9.17, 15) is 32.3 Å². The first-order chi connectivity index (χ1) is 22.3. The summed E-state index contributed by atoms with van der Waals surface area (Å²) in [6, 6.07) is 25.1. The van der Waals surface area contributed by atoms with Crippen molar-refractivity contribution in [3.05, 3.63) is 135 Å². The zero-order valence-corrected chi connectivity index (χ0v) is 25.3. The average molecular weight is 656 g/mol. The van der Waals surface area contributed by atoms with Gasteiger partial charge in [0.05, 0.1) is 32.8 Å². The number of hydrogen-bond donors (Lipinski definition) is 0. The van der Waals surface area contributed by atoms with Crippen molar-refractivity contribution in [3.63, 3.8) is 0 Å². The summed E-state index contributed by atoms with van der Waals surface area (Å²) in [5.41, 5.74) is 3.45. The molecule has 11 heteroatoms. The van der Waals surface area contributed by atoms with Crippen LogP contribution in [0.5, 0.6) is 0 Å². The molecule has 0 saturated carbocycles. The van der Waals surface area contributed by atoms with Crippen LogP contribution in [-0.4, -0.2) is 14.5 Å². The fourth-order valence-corrected chi connectivity index (χ4v) is 7.33. The van der Waals surface area contributed by atoms with Crippen molar-refractivity contribution in [2.45, 2.75) is 24.2 Å². The number of carbonyl (C=O) groups is 1. The molecule has 0 bridgehead atoms. The Morgan fingerprint density at radius 1 is 0.957 bits per heavy atom. The van der Waals surface area contributed by atoms with Gasteiger partial charge in [-0.15, -0.1) is 4.91 Å². The first-order valence-electron chi connectivity index (χ1n) is 13.9. The monoisotopic (exact) mass is 655 g/mol. The van der Waals surface area contributed by atoms with Gasteiger partial charge in [-0.25, -0.2) is 17.4 Å². The minimum Gasteiger partial charge on any atom is -0.298 e. The van der Waals surface area contributed by atoms with Crippen LogP contribution in [0.4, 0.5) is 13.2 Å². The number of alkyl halides is 2. The van der Waals surface area contributed by atoms with E-state index in [0.29, 0.717) is 62.7 Å². The number of aldehydes is 1. The lowest BCUT2D eigenvalue weighted by molar-refractivity contribution is -0.105. The second kappa shape index (κ2) is 12.7. The number of allylic oxidation sites excluding steroid dienone is 3. The van der Waals surface area contributed by atoms with Gasteiger partial charge < -0.3 is 0 Å². The summed E-state index contributed by atoms with van der Waals surface area (Å²) in [6.07, 6.45) is -1.56. The Morgan fingerprint density at radius 3 is 2.39 bits per heavy atom. The van der Waals surface area contributed by atoms with Gasteiger partial charge >= 0.3 is 0 Å². The average Bonchev–Trinajstić information content (AvgIpc) is 3.41. The van der Waals surface area contributed by atoms with E-state index in [-0.39, 0.29) is 33.2 Å². The fraction of sp³-hybridized carbons (Fsp3) is 0.0857. The van der Waals surface area contributed by atoms with E-state index < -0.39 is 23.2 Å². The molecular weight excluding hydrogens is 635 g/mol. The molecule has 1 aliphatic rings. The molecule has 1 heterocycles. The summed E-state index contributed by atoms with van der Waals surface area (Å²) in [7, 11) is -2.03. The van der Waals surface area contributed by atoms with Gasteiger partial charge in [0.2, 0.25) is 0 Å². The molecule has 1 aliphatic carbocycles. The largest absolute Gasteiger partial charge is 0.298 e. The maximum absolute atomic E-state index is 14.9. The van der Waals surface area contributed by atoms with Gasteiger partial charge in [0.25, 0.3) is 6.43 Å². The molecule has 0 N–H and O–H groups in total. The summed E-state index contributed by atoms with van der Waals surface area (Å²) in [6.45, 7) is 0. The number of halogens is 4. The van der Waals surface area contributed by atoms with Crippen LogP contribution in [-0.2, 0) is 15.8 Å². The molecule has 6 nitrogen and oxygen atoms in total. The Labute approximate surface area is 268 Å². The molecule has 0 saturated heterocycles. The summed E-state index contributed by atoms with van der Waals surface area (Å²) >= 11 is 6.58. The van der Waals surface area contributed by atoms with Crippen molar-refractivity contribution in [3.8, 4) is 28.5 Å². The highest BCUT2D eigenvalue weighted by Crippen LogP contribution is 2.45. The van der Waals surface area contributed by atoms with Crippen LogP contribution in [0.15, 0.2) is 117 Å². The number of nitroso groups, excluding NO2 is 1. The third kappa shape index (κ3) is 5.38. The molecule has 0 spiro atoms. The number of rotatable bonds is 8. The molecule has 0 amide bonds. The highest BCUT2D eigenvalue weighted by Gasteiger charge is 2.28. The summed E-state index contributed by atoms with van der Waals surface area (Å²) in [4.78, 5) is 23.3. The molecule has 4 aromatic carbocycles. The van der Waals surface area contributed by atoms with Gasteiger partial charge in [-0.1, -0.05) is 60.1 Å². The molecule has 228 valence electrons. The zero-order chi connectivity index (χ0) is 32.5. The van der Waals surface area contributed by atoms with Gasteiger partial charge in [0.1, 0.15) is 17.8 Å². The van der Waals surface area contributed by atoms with Crippen LogP contribution in [0.25, 0.3) is 38.9 Å². The second-order valence-electron chi connectivity index (χ2n) is 10.4. The van der Waals surface area contributed by atoms with Crippen LogP contribution >= 0.6 is 11.6 Å². The Balaban J connectivity index is 1.68. The van der Waals surface area contributed by atoms with Gasteiger partial charge in [0.15, 0.2) is 11.0 Å². The van der Waals surface area contributed by atoms with Gasteiger partial charge in [-0.05, 0) is 71.6 Å². The Morgan fingerprint density at radius 2 is 1.70 bits per heavy atom. The lowest BCUT2D eigenvalue weighted by atomic mass is 9.89. The quantitative estimate of drug-likeness (QED) is 0.123. The molecule has 1 atom stereocenters. The molecule has 0 fully saturated rings. The van der Waals surface area contributed by atoms with Gasteiger partial charge in [-0.2, -0.15) is 5.26 Å². The lowest BCUT2D eigenvalue weighted by Crippen LogP contribution is -2.08. The van der Waals surface area contributed by atoms with E-state index >= 15 is 0 Å². The van der Waals surface area contributed by atoms with E-state index in [0.717, 1.165) is 0 Å². The predicted molar refractivity (Wildman–Crippen MR) is 172 cm³/mol. The van der Waals surface area contributed by atoms with E-state index in [2.05, 4.69) is 11.2 Å². The molecule has 1 unspecified atom stereocenters. The van der Waals surface area contributed by atoms with Gasteiger partial charge in [0, 0.05) is 33.2 Å². The maximum atomic E-state index is 14.9. The van der Waals surface area contributed by atoms with Crippen LogP contribution in [0, 0.1) is 22.1 Å². The molecule has 46 heavy (non-hydrogen) atoms. The van der Waals surface area contributed by atoms with E-state index in [1.807, 2.05) is 0 Å². The zero-order valence-electron chi connectivity index (χ0n) is 23.7. The predicted octanol–water partition coefficient (Wildman–Crippen LogP) is 9.46. The number of nitrogens with zero attached hydrogens (tertiary/aromatic N) is 3. The smallest absolute Gasteiger partial charge is 0.263 e. The first kappa shape index (κ1) is 30.9. The van der Waals surface area contributed by atoms with Gasteiger partial charge in [-0.3, -0.25) is 8.77 Å². The van der Waals surface area contributed by atoms with Crippen molar-refractivity contribution >= 4 is 45.3 Å². The van der Waals surface area contributed by atoms with Crippen LogP contribution in [0.3, 0.4) is 0 Å². The van der Waals surface area contributed by atoms with E-state index in [4.69, 9.17) is 11.6 Å². The Kier molecular flexibility index (Phi) is 8.54. The van der Waals surface area contributed by atoms with Crippen LogP contribution in [0.1, 0.15) is 36.0 Å². The van der Waals surface area contributed by atoms with Crippen LogP contribution < -0.4 is 0 Å². The van der Waals surface area contributed by atoms with Crippen molar-refractivity contribution < 1.29 is 22.2 Å². The minimum atomic E-state index is -2.71. The molecule has 0 aliphatic heterocycles. The van der Waals surface area contributed by atoms with Crippen molar-refractivity contribution in [1.82, 2.24) is 3.97 Å². The summed E-state index contributed by atoms with van der Waals surface area (Å²) < 4.78 is 57.4. The van der Waals surface area contributed by atoms with Crippen LogP contribution in [0.2, 0.25) is 0 Å². The van der Waals surface area contributed by atoms with E-state index in [1.165, 1.54) is 46.4 Å². The second-order valence-corrected chi connectivity index (χ2v) is 12.1. The first-order valence-corrected chi connectivity index (χ1v) is 15.4. The molecular formula is C35H21ClF3N3O3S. The fourth-order valence-electron chi connectivity index (χ4n) is 5.69. The SMILES string of the molecule is N#Cc1ccccc1-c1c(-c2cccc(C3=C(Cl)C(N=O)=C(C=O)CC3)c2)n(S(=O)c2ccc(C(F)F)cc2)c2ccc(F)cc12. The standard InChI is InChI=1S/C35H21ClF3N3O3S/c36-32-28(14-10-24(19-43)33(32)41-44)21-5-3-6-22(16-21)34-31(27-7-2-1-4-23(27)18-40)29-17-25(37)11-15-30(29)42(34)46(45)26-12-8-20(9-13-26)35(38)39/h1-9,11-13,15-17,19,35H,10,14H2. The topological polar surface area (TPSA) is 92.3 Å². The third-order valence-corrected chi connectivity index (χ3v) is 9.64. The highest BCUT2D eigenvalue weighted by molar-refractivity contribution is 7.83. The molecule has 5 aromatic rings. The number of carbonyl (C=O) groups excluding carboxylic acids is 1. The number of fused-ring (bicyclic) bond motifs is 1. The normalized spacial score (nSPS) is 14.1. The van der Waals surface area contributed by atoms with Crippen molar-refractivity contribution in [2.24, 2.45) is 5.18 Å². The molecule has 1 aromatic heterocycles. The number of hydrogen-bond acceptors (Lipinski definition) is 5. The molecule has 6 rings (SSSR count). The third-order valence-electron chi connectivity index (χ3n) is 7.84. The number of nitriles is 1. The highest BCUT2D eigenvalue weighted by atomic mass is 35.5. The van der Waals surface area contributed by atoms with Crippen molar-refractivity contribution in [2.75, 3.05) is 0 Å². The Bertz CT molecular complexity index is 2180. The lowest BCUT2D eigenvalue weighted by Gasteiger charge is -2.19.